The number of hydrogen-bond acceptors (Lipinski definition) is 8. The van der Waals surface area contributed by atoms with Crippen LogP contribution in [0.5, 0.6) is 0 Å². The summed E-state index contributed by atoms with van der Waals surface area (Å²) < 4.78 is 75.1. The fourth-order valence-corrected chi connectivity index (χ4v) is 18.4. The maximum atomic E-state index is 13.2. The molecule has 242 valence electrons. The minimum absolute atomic E-state index is 0.118. The third kappa shape index (κ3) is 23.7. The van der Waals surface area contributed by atoms with Gasteiger partial charge in [0.2, 0.25) is 0 Å². The molecule has 0 saturated carbocycles. The quantitative estimate of drug-likeness (QED) is 0.101. The molecule has 0 aliphatic carbocycles. The van der Waals surface area contributed by atoms with Crippen LogP contribution in [0.2, 0.25) is 50.9 Å². The van der Waals surface area contributed by atoms with E-state index in [9.17, 15) is 23.4 Å². The SMILES string of the molecule is CC(O)COC(C)COCCC[Si](C)(C)O[Si](C)(CCC(F)(F)F)O[Si](C)(C)CCCOCC(C)OCC(C)O. The Hall–Kier alpha value is 0.121. The van der Waals surface area contributed by atoms with Crippen molar-refractivity contribution in [1.29, 1.82) is 0 Å². The summed E-state index contributed by atoms with van der Waals surface area (Å²) in [5.41, 5.74) is 0. The Kier molecular flexibility index (Phi) is 19.5. The zero-order valence-electron chi connectivity index (χ0n) is 26.3. The molecule has 40 heavy (non-hydrogen) atoms. The normalized spacial score (nSPS) is 17.9. The molecule has 14 heteroatoms. The maximum absolute atomic E-state index is 13.2. The molecule has 8 nitrogen and oxygen atoms in total. The molecule has 2 N–H and O–H groups in total. The second-order valence-corrected chi connectivity index (χ2v) is 24.8. The highest BCUT2D eigenvalue weighted by Crippen LogP contribution is 2.33. The van der Waals surface area contributed by atoms with Gasteiger partial charge in [0.25, 0.3) is 0 Å². The van der Waals surface area contributed by atoms with Crippen molar-refractivity contribution in [3.63, 3.8) is 0 Å². The van der Waals surface area contributed by atoms with Crippen LogP contribution in [0.1, 0.15) is 47.0 Å². The number of aliphatic hydroxyl groups is 2. The Morgan fingerprint density at radius 2 is 1.00 bits per heavy atom. The van der Waals surface area contributed by atoms with Crippen molar-refractivity contribution >= 4 is 25.2 Å². The fraction of sp³-hybridized carbons (Fsp3) is 1.00. The molecular formula is C26H57F3O8Si3. The van der Waals surface area contributed by atoms with Crippen molar-refractivity contribution in [3.8, 4) is 0 Å². The standard InChI is InChI=1S/C26H57F3O8Si3/c1-22(30)18-34-24(3)20-32-13-10-15-38(5,6)36-40(9,17-12-26(27,28)29)37-39(7,8)16-11-14-33-21-25(4)35-19-23(2)31/h22-25,30-31H,10-21H2,1-9H3. The van der Waals surface area contributed by atoms with Crippen LogP contribution in [0.25, 0.3) is 0 Å². The van der Waals surface area contributed by atoms with Crippen LogP contribution in [0, 0.1) is 0 Å². The molecule has 0 aliphatic rings. The van der Waals surface area contributed by atoms with Gasteiger partial charge in [-0.1, -0.05) is 0 Å². The zero-order chi connectivity index (χ0) is 31.0. The van der Waals surface area contributed by atoms with Gasteiger partial charge in [-0.05, 0) is 91.4 Å². The number of halogens is 3. The van der Waals surface area contributed by atoms with Gasteiger partial charge in [0.15, 0.2) is 16.6 Å². The third-order valence-corrected chi connectivity index (χ3v) is 18.1. The lowest BCUT2D eigenvalue weighted by Crippen LogP contribution is -2.54. The van der Waals surface area contributed by atoms with Crippen LogP contribution in [0.4, 0.5) is 13.2 Å². The number of aliphatic hydroxyl groups excluding tert-OH is 2. The summed E-state index contributed by atoms with van der Waals surface area (Å²) in [6.07, 6.45) is -5.01. The van der Waals surface area contributed by atoms with Crippen molar-refractivity contribution in [2.24, 2.45) is 0 Å². The molecule has 0 rings (SSSR count). The van der Waals surface area contributed by atoms with E-state index >= 15 is 0 Å². The van der Waals surface area contributed by atoms with Crippen LogP contribution in [0.3, 0.4) is 0 Å². The van der Waals surface area contributed by atoms with Gasteiger partial charge in [0.1, 0.15) is 0 Å². The average molecular weight is 639 g/mol. The van der Waals surface area contributed by atoms with E-state index in [4.69, 9.17) is 27.2 Å². The van der Waals surface area contributed by atoms with Crippen LogP contribution < -0.4 is 0 Å². The van der Waals surface area contributed by atoms with Gasteiger partial charge in [-0.2, -0.15) is 13.2 Å². The lowest BCUT2D eigenvalue weighted by Gasteiger charge is -2.41. The number of hydrogen-bond donors (Lipinski definition) is 2. The smallest absolute Gasteiger partial charge is 0.389 e. The predicted octanol–water partition coefficient (Wildman–Crippen LogP) is 5.84. The summed E-state index contributed by atoms with van der Waals surface area (Å²) in [7, 11) is -7.76. The van der Waals surface area contributed by atoms with Crippen LogP contribution in [0.15, 0.2) is 0 Å². The molecule has 0 aromatic heterocycles. The first-order valence-corrected chi connectivity index (χ1v) is 23.2. The van der Waals surface area contributed by atoms with Gasteiger partial charge < -0.3 is 37.4 Å². The monoisotopic (exact) mass is 638 g/mol. The Bertz CT molecular complexity index is 613. The van der Waals surface area contributed by atoms with Crippen molar-refractivity contribution < 1.29 is 50.6 Å². The van der Waals surface area contributed by atoms with Gasteiger partial charge in [-0.3, -0.25) is 0 Å². The maximum Gasteiger partial charge on any atom is 0.389 e. The molecule has 0 bridgehead atoms. The highest BCUT2D eigenvalue weighted by molar-refractivity contribution is 6.88. The van der Waals surface area contributed by atoms with E-state index < -0.39 is 50.0 Å². The first kappa shape index (κ1) is 40.1. The Labute approximate surface area is 243 Å². The van der Waals surface area contributed by atoms with Crippen LogP contribution >= 0.6 is 0 Å². The lowest BCUT2D eigenvalue weighted by atomic mass is 10.4. The topological polar surface area (TPSA) is 95.8 Å². The Morgan fingerprint density at radius 3 is 1.32 bits per heavy atom. The van der Waals surface area contributed by atoms with Gasteiger partial charge in [-0.25, -0.2) is 0 Å². The average Bonchev–Trinajstić information content (AvgIpc) is 2.78. The van der Waals surface area contributed by atoms with E-state index in [0.29, 0.717) is 26.4 Å². The lowest BCUT2D eigenvalue weighted by molar-refractivity contribution is -0.131. The summed E-state index contributed by atoms with van der Waals surface area (Å²) in [6, 6.07) is 1.38. The predicted molar refractivity (Wildman–Crippen MR) is 159 cm³/mol. The van der Waals surface area contributed by atoms with Crippen LogP contribution in [-0.4, -0.2) is 106 Å². The fourth-order valence-electron chi connectivity index (χ4n) is 4.16. The van der Waals surface area contributed by atoms with E-state index in [2.05, 4.69) is 0 Å². The van der Waals surface area contributed by atoms with E-state index in [1.165, 1.54) is 0 Å². The molecule has 4 unspecified atom stereocenters. The summed E-state index contributed by atoms with van der Waals surface area (Å²) in [4.78, 5) is 0. The van der Waals surface area contributed by atoms with Crippen molar-refractivity contribution in [2.75, 3.05) is 39.6 Å². The summed E-state index contributed by atoms with van der Waals surface area (Å²) in [6.45, 7) is 19.4. The molecule has 4 atom stereocenters. The van der Waals surface area contributed by atoms with E-state index in [1.54, 1.807) is 20.4 Å². The van der Waals surface area contributed by atoms with Crippen molar-refractivity contribution in [1.82, 2.24) is 0 Å². The molecule has 0 fully saturated rings. The molecular weight excluding hydrogens is 582 g/mol. The second-order valence-electron chi connectivity index (χ2n) is 12.3. The van der Waals surface area contributed by atoms with E-state index in [-0.39, 0.29) is 31.5 Å². The van der Waals surface area contributed by atoms with Crippen molar-refractivity contribution in [2.45, 2.75) is 128 Å². The highest BCUT2D eigenvalue weighted by atomic mass is 28.5. The number of rotatable bonds is 24. The molecule has 0 aromatic carbocycles. The van der Waals surface area contributed by atoms with Gasteiger partial charge in [-0.15, -0.1) is 0 Å². The van der Waals surface area contributed by atoms with E-state index in [1.807, 2.05) is 40.0 Å². The van der Waals surface area contributed by atoms with Crippen molar-refractivity contribution in [3.05, 3.63) is 0 Å². The highest BCUT2D eigenvalue weighted by Gasteiger charge is 2.45. The van der Waals surface area contributed by atoms with Gasteiger partial charge in [0.05, 0.1) is 50.8 Å². The van der Waals surface area contributed by atoms with Gasteiger partial charge in [0, 0.05) is 19.6 Å². The molecule has 0 aliphatic heterocycles. The van der Waals surface area contributed by atoms with Crippen LogP contribution in [-0.2, 0) is 27.2 Å². The molecule has 0 amide bonds. The number of alkyl halides is 3. The minimum atomic E-state index is -4.26. The molecule has 0 spiro atoms. The minimum Gasteiger partial charge on any atom is -0.436 e. The molecule has 0 saturated heterocycles. The largest absolute Gasteiger partial charge is 0.436 e. The second kappa shape index (κ2) is 19.4. The first-order chi connectivity index (χ1) is 18.2. The Morgan fingerprint density at radius 1 is 0.625 bits per heavy atom. The third-order valence-electron chi connectivity index (χ3n) is 5.93. The van der Waals surface area contributed by atoms with E-state index in [0.717, 1.165) is 24.9 Å². The summed E-state index contributed by atoms with van der Waals surface area (Å²) in [5, 5.41) is 18.6. The zero-order valence-corrected chi connectivity index (χ0v) is 29.3. The summed E-state index contributed by atoms with van der Waals surface area (Å²) in [5.74, 6) is 0. The Balaban J connectivity index is 4.82. The number of ether oxygens (including phenoxy) is 4. The molecule has 0 heterocycles. The first-order valence-electron chi connectivity index (χ1n) is 14.5. The molecule has 0 aromatic rings. The summed E-state index contributed by atoms with van der Waals surface area (Å²) >= 11 is 0. The molecule has 0 radical (unpaired) electrons. The van der Waals surface area contributed by atoms with Gasteiger partial charge >= 0.3 is 14.7 Å².